The first-order valence-electron chi connectivity index (χ1n) is 7.14. The SMILES string of the molecule is CNC(C(=O)Nc1cc2c(cc1Cl)OCCO2)c1cnn(C)c1.Cl. The van der Waals surface area contributed by atoms with E-state index in [1.165, 1.54) is 0 Å². The highest BCUT2D eigenvalue weighted by atomic mass is 35.5. The summed E-state index contributed by atoms with van der Waals surface area (Å²) in [5.41, 5.74) is 1.24. The van der Waals surface area contributed by atoms with E-state index in [0.29, 0.717) is 35.4 Å². The Hall–Kier alpha value is -1.96. The number of carbonyl (C=O) groups is 1. The summed E-state index contributed by atoms with van der Waals surface area (Å²) in [5, 5.41) is 10.3. The van der Waals surface area contributed by atoms with Crippen molar-refractivity contribution in [2.75, 3.05) is 25.6 Å². The summed E-state index contributed by atoms with van der Waals surface area (Å²) < 4.78 is 12.6. The minimum absolute atomic E-state index is 0. The van der Waals surface area contributed by atoms with Crippen LogP contribution < -0.4 is 20.1 Å². The number of carbonyl (C=O) groups excluding carboxylic acids is 1. The van der Waals surface area contributed by atoms with Gasteiger partial charge in [0.2, 0.25) is 5.91 Å². The van der Waals surface area contributed by atoms with E-state index in [1.807, 2.05) is 0 Å². The maximum Gasteiger partial charge on any atom is 0.246 e. The van der Waals surface area contributed by atoms with E-state index < -0.39 is 6.04 Å². The number of hydrogen-bond acceptors (Lipinski definition) is 5. The molecule has 2 heterocycles. The zero-order valence-corrected chi connectivity index (χ0v) is 14.8. The Bertz CT molecular complexity index is 736. The molecule has 2 aromatic rings. The van der Waals surface area contributed by atoms with Gasteiger partial charge < -0.3 is 20.1 Å². The number of ether oxygens (including phenoxy) is 2. The molecule has 1 amide bonds. The largest absolute Gasteiger partial charge is 0.486 e. The van der Waals surface area contributed by atoms with Crippen LogP contribution in [-0.2, 0) is 11.8 Å². The normalized spacial score (nSPS) is 13.8. The summed E-state index contributed by atoms with van der Waals surface area (Å²) in [6.45, 7) is 0.953. The molecular weight excluding hydrogens is 355 g/mol. The lowest BCUT2D eigenvalue weighted by Crippen LogP contribution is -2.30. The first kappa shape index (κ1) is 18.4. The molecule has 0 radical (unpaired) electrons. The topological polar surface area (TPSA) is 77.4 Å². The van der Waals surface area contributed by atoms with Crippen molar-refractivity contribution in [1.29, 1.82) is 0 Å². The lowest BCUT2D eigenvalue weighted by Gasteiger charge is -2.21. The van der Waals surface area contributed by atoms with Crippen LogP contribution in [0.4, 0.5) is 5.69 Å². The summed E-state index contributed by atoms with van der Waals surface area (Å²) in [6.07, 6.45) is 3.43. The minimum atomic E-state index is -0.534. The fourth-order valence-corrected chi connectivity index (χ4v) is 2.60. The standard InChI is InChI=1S/C15H17ClN4O3.ClH/c1-17-14(9-7-18-20(2)8-9)15(21)19-11-6-13-12(5-10(11)16)22-3-4-23-13;/h5-8,14,17H,3-4H2,1-2H3,(H,19,21);1H. The molecule has 0 bridgehead atoms. The predicted molar refractivity (Wildman–Crippen MR) is 93.3 cm³/mol. The van der Waals surface area contributed by atoms with Gasteiger partial charge in [-0.05, 0) is 7.05 Å². The van der Waals surface area contributed by atoms with Gasteiger partial charge in [0.25, 0.3) is 0 Å². The molecular formula is C15H18Cl2N4O3. The molecule has 3 rings (SSSR count). The molecule has 2 N–H and O–H groups in total. The van der Waals surface area contributed by atoms with Crippen molar-refractivity contribution in [2.45, 2.75) is 6.04 Å². The Balaban J connectivity index is 0.00000208. The van der Waals surface area contributed by atoms with Gasteiger partial charge in [-0.3, -0.25) is 9.48 Å². The average molecular weight is 373 g/mol. The van der Waals surface area contributed by atoms with Crippen LogP contribution in [0.2, 0.25) is 5.02 Å². The number of aryl methyl sites for hydroxylation is 1. The summed E-state index contributed by atoms with van der Waals surface area (Å²) in [6, 6.07) is 2.78. The van der Waals surface area contributed by atoms with Crippen LogP contribution in [0.15, 0.2) is 24.5 Å². The van der Waals surface area contributed by atoms with Crippen molar-refractivity contribution >= 4 is 35.6 Å². The van der Waals surface area contributed by atoms with E-state index >= 15 is 0 Å². The smallest absolute Gasteiger partial charge is 0.246 e. The molecule has 0 aliphatic carbocycles. The Morgan fingerprint density at radius 2 is 2.00 bits per heavy atom. The van der Waals surface area contributed by atoms with Crippen molar-refractivity contribution in [3.63, 3.8) is 0 Å². The number of fused-ring (bicyclic) bond motifs is 1. The molecule has 1 atom stereocenters. The summed E-state index contributed by atoms with van der Waals surface area (Å²) >= 11 is 6.22. The molecule has 24 heavy (non-hydrogen) atoms. The molecule has 0 saturated carbocycles. The second-order valence-electron chi connectivity index (χ2n) is 5.13. The van der Waals surface area contributed by atoms with Crippen LogP contribution in [0, 0.1) is 0 Å². The number of rotatable bonds is 4. The quantitative estimate of drug-likeness (QED) is 0.859. The molecule has 1 aliphatic heterocycles. The average Bonchev–Trinajstić information content (AvgIpc) is 2.95. The molecule has 9 heteroatoms. The van der Waals surface area contributed by atoms with Gasteiger partial charge in [0.05, 0.1) is 16.9 Å². The van der Waals surface area contributed by atoms with Crippen LogP contribution in [0.5, 0.6) is 11.5 Å². The second kappa shape index (κ2) is 7.74. The lowest BCUT2D eigenvalue weighted by molar-refractivity contribution is -0.118. The third-order valence-electron chi connectivity index (χ3n) is 3.50. The van der Waals surface area contributed by atoms with Crippen LogP contribution >= 0.6 is 24.0 Å². The predicted octanol–water partition coefficient (Wildman–Crippen LogP) is 2.17. The van der Waals surface area contributed by atoms with Gasteiger partial charge in [0.1, 0.15) is 19.3 Å². The Labute approximate surface area is 150 Å². The van der Waals surface area contributed by atoms with E-state index in [1.54, 1.807) is 43.3 Å². The third-order valence-corrected chi connectivity index (χ3v) is 3.81. The number of amides is 1. The molecule has 130 valence electrons. The van der Waals surface area contributed by atoms with Gasteiger partial charge in [-0.1, -0.05) is 11.6 Å². The van der Waals surface area contributed by atoms with Gasteiger partial charge in [0, 0.05) is 30.9 Å². The number of hydrogen-bond donors (Lipinski definition) is 2. The number of nitrogens with one attached hydrogen (secondary N) is 2. The number of benzene rings is 1. The fourth-order valence-electron chi connectivity index (χ4n) is 2.40. The van der Waals surface area contributed by atoms with Crippen molar-refractivity contribution in [2.24, 2.45) is 7.05 Å². The molecule has 1 unspecified atom stereocenters. The second-order valence-corrected chi connectivity index (χ2v) is 5.54. The number of aromatic nitrogens is 2. The third kappa shape index (κ3) is 3.75. The molecule has 0 fully saturated rings. The molecule has 1 aromatic carbocycles. The Morgan fingerprint density at radius 1 is 1.33 bits per heavy atom. The van der Waals surface area contributed by atoms with E-state index in [4.69, 9.17) is 21.1 Å². The number of halogens is 2. The van der Waals surface area contributed by atoms with E-state index in [-0.39, 0.29) is 18.3 Å². The van der Waals surface area contributed by atoms with E-state index in [9.17, 15) is 4.79 Å². The van der Waals surface area contributed by atoms with E-state index in [2.05, 4.69) is 15.7 Å². The summed E-state index contributed by atoms with van der Waals surface area (Å²) in [5.74, 6) is 0.911. The van der Waals surface area contributed by atoms with Crippen LogP contribution in [0.25, 0.3) is 0 Å². The van der Waals surface area contributed by atoms with Crippen molar-refractivity contribution in [1.82, 2.24) is 15.1 Å². The van der Waals surface area contributed by atoms with Gasteiger partial charge >= 0.3 is 0 Å². The summed E-state index contributed by atoms with van der Waals surface area (Å²) in [4.78, 5) is 12.5. The molecule has 7 nitrogen and oxygen atoms in total. The highest BCUT2D eigenvalue weighted by molar-refractivity contribution is 6.34. The van der Waals surface area contributed by atoms with Crippen molar-refractivity contribution < 1.29 is 14.3 Å². The van der Waals surface area contributed by atoms with Crippen molar-refractivity contribution in [3.8, 4) is 11.5 Å². The number of likely N-dealkylation sites (N-methyl/N-ethyl adjacent to an activating group) is 1. The molecule has 1 aromatic heterocycles. The highest BCUT2D eigenvalue weighted by Gasteiger charge is 2.22. The zero-order chi connectivity index (χ0) is 16.4. The molecule has 0 saturated heterocycles. The van der Waals surface area contributed by atoms with Gasteiger partial charge in [0.15, 0.2) is 11.5 Å². The van der Waals surface area contributed by atoms with Gasteiger partial charge in [-0.25, -0.2) is 0 Å². The maximum atomic E-state index is 12.5. The number of nitrogens with zero attached hydrogens (tertiary/aromatic N) is 2. The van der Waals surface area contributed by atoms with Crippen LogP contribution in [0.1, 0.15) is 11.6 Å². The lowest BCUT2D eigenvalue weighted by atomic mass is 10.1. The van der Waals surface area contributed by atoms with Gasteiger partial charge in [-0.15, -0.1) is 12.4 Å². The monoisotopic (exact) mass is 372 g/mol. The fraction of sp³-hybridized carbons (Fsp3) is 0.333. The first-order valence-corrected chi connectivity index (χ1v) is 7.52. The van der Waals surface area contributed by atoms with Gasteiger partial charge in [-0.2, -0.15) is 5.10 Å². The van der Waals surface area contributed by atoms with E-state index in [0.717, 1.165) is 5.56 Å². The van der Waals surface area contributed by atoms with Crippen molar-refractivity contribution in [3.05, 3.63) is 35.1 Å². The first-order chi connectivity index (χ1) is 11.1. The van der Waals surface area contributed by atoms with Crippen LogP contribution in [0.3, 0.4) is 0 Å². The minimum Gasteiger partial charge on any atom is -0.486 e. The zero-order valence-electron chi connectivity index (χ0n) is 13.2. The maximum absolute atomic E-state index is 12.5. The molecule has 1 aliphatic rings. The summed E-state index contributed by atoms with van der Waals surface area (Å²) in [7, 11) is 3.51. The molecule has 0 spiro atoms. The Kier molecular flexibility index (Phi) is 5.93. The number of anilines is 1. The highest BCUT2D eigenvalue weighted by Crippen LogP contribution is 2.38. The van der Waals surface area contributed by atoms with Crippen LogP contribution in [-0.4, -0.2) is 35.9 Å². The Morgan fingerprint density at radius 3 is 2.58 bits per heavy atom.